The van der Waals surface area contributed by atoms with Crippen LogP contribution in [0.4, 0.5) is 0 Å². The first-order valence-corrected chi connectivity index (χ1v) is 10.3. The van der Waals surface area contributed by atoms with Crippen LogP contribution in [0.2, 0.25) is 0 Å². The first-order chi connectivity index (χ1) is 14.0. The van der Waals surface area contributed by atoms with E-state index in [1.807, 2.05) is 26.0 Å². The number of esters is 3. The van der Waals surface area contributed by atoms with E-state index in [0.717, 1.165) is 11.1 Å². The Kier molecular flexibility index (Phi) is 7.82. The largest absolute Gasteiger partial charge is 0.458 e. The maximum Gasteiger partial charge on any atom is 0.338 e. The Morgan fingerprint density at radius 1 is 1.13 bits per heavy atom. The minimum Gasteiger partial charge on any atom is -0.458 e. The van der Waals surface area contributed by atoms with Gasteiger partial charge in [-0.3, -0.25) is 9.59 Å². The fraction of sp³-hybridized carbons (Fsp3) is 0.542. The molecule has 0 fully saturated rings. The van der Waals surface area contributed by atoms with Gasteiger partial charge in [-0.1, -0.05) is 30.4 Å². The van der Waals surface area contributed by atoms with Crippen LogP contribution in [0.25, 0.3) is 0 Å². The number of ether oxygens (including phenoxy) is 3. The van der Waals surface area contributed by atoms with Gasteiger partial charge in [0.05, 0.1) is 5.57 Å². The molecule has 0 aromatic heterocycles. The van der Waals surface area contributed by atoms with Crippen molar-refractivity contribution in [1.29, 1.82) is 0 Å². The molecule has 1 aliphatic carbocycles. The highest BCUT2D eigenvalue weighted by Gasteiger charge is 2.42. The molecule has 0 unspecified atom stereocenters. The molecule has 0 aromatic carbocycles. The molecular weight excluding hydrogens is 384 g/mol. The number of hydrogen-bond donors (Lipinski definition) is 0. The number of allylic oxidation sites excluding steroid dienone is 3. The summed E-state index contributed by atoms with van der Waals surface area (Å²) in [5, 5.41) is 0. The number of hydrogen-bond acceptors (Lipinski definition) is 6. The predicted octanol–water partition coefficient (Wildman–Crippen LogP) is 4.50. The van der Waals surface area contributed by atoms with Gasteiger partial charge in [0, 0.05) is 26.7 Å². The van der Waals surface area contributed by atoms with Gasteiger partial charge in [-0.25, -0.2) is 4.79 Å². The van der Waals surface area contributed by atoms with Gasteiger partial charge in [-0.15, -0.1) is 0 Å². The summed E-state index contributed by atoms with van der Waals surface area (Å²) in [7, 11) is 0. The van der Waals surface area contributed by atoms with E-state index in [2.05, 4.69) is 12.7 Å². The maximum atomic E-state index is 12.8. The van der Waals surface area contributed by atoms with E-state index in [4.69, 9.17) is 14.2 Å². The molecule has 6 nitrogen and oxygen atoms in total. The molecule has 0 aromatic rings. The van der Waals surface area contributed by atoms with E-state index in [0.29, 0.717) is 37.7 Å². The molecule has 6 heteroatoms. The minimum atomic E-state index is -1.01. The Labute approximate surface area is 178 Å². The molecule has 1 aliphatic heterocycles. The molecule has 2 rings (SSSR count). The van der Waals surface area contributed by atoms with Crippen molar-refractivity contribution in [3.05, 3.63) is 47.1 Å². The predicted molar refractivity (Wildman–Crippen MR) is 113 cm³/mol. The summed E-state index contributed by atoms with van der Waals surface area (Å²) in [6.45, 7) is 12.4. The van der Waals surface area contributed by atoms with Gasteiger partial charge < -0.3 is 14.2 Å². The van der Waals surface area contributed by atoms with E-state index in [-0.39, 0.29) is 11.5 Å². The van der Waals surface area contributed by atoms with Crippen LogP contribution in [0.5, 0.6) is 0 Å². The molecule has 0 spiro atoms. The molecule has 1 heterocycles. The van der Waals surface area contributed by atoms with Crippen molar-refractivity contribution in [3.63, 3.8) is 0 Å². The van der Waals surface area contributed by atoms with Gasteiger partial charge in [0.15, 0.2) is 0 Å². The Morgan fingerprint density at radius 2 is 1.80 bits per heavy atom. The SMILES string of the molecule is C=C1C(=O)O[C@@]2(C)CC=C1C[C@@H](OC(C)=O)/C(C)=C/C/C=C(\C)CC[C@H]2OC(C)=O. The summed E-state index contributed by atoms with van der Waals surface area (Å²) < 4.78 is 16.9. The van der Waals surface area contributed by atoms with Gasteiger partial charge >= 0.3 is 17.9 Å². The topological polar surface area (TPSA) is 78.9 Å². The second-order valence-corrected chi connectivity index (χ2v) is 8.29. The van der Waals surface area contributed by atoms with E-state index in [1.54, 1.807) is 6.92 Å². The van der Waals surface area contributed by atoms with E-state index in [9.17, 15) is 14.4 Å². The summed E-state index contributed by atoms with van der Waals surface area (Å²) in [6, 6.07) is 0. The molecule has 3 atom stereocenters. The van der Waals surface area contributed by atoms with Crippen LogP contribution in [0.1, 0.15) is 66.7 Å². The smallest absolute Gasteiger partial charge is 0.338 e. The molecule has 2 aliphatic rings. The number of carbonyl (C=O) groups is 3. The van der Waals surface area contributed by atoms with Crippen LogP contribution in [0.3, 0.4) is 0 Å². The second kappa shape index (κ2) is 9.92. The quantitative estimate of drug-likeness (QED) is 0.285. The van der Waals surface area contributed by atoms with Crippen molar-refractivity contribution in [2.24, 2.45) is 0 Å². The molecule has 2 bridgehead atoms. The highest BCUT2D eigenvalue weighted by atomic mass is 16.6. The molecule has 0 saturated heterocycles. The molecule has 0 amide bonds. The fourth-order valence-corrected chi connectivity index (χ4v) is 3.72. The third kappa shape index (κ3) is 6.18. The van der Waals surface area contributed by atoms with Crippen molar-refractivity contribution in [2.45, 2.75) is 84.5 Å². The molecule has 30 heavy (non-hydrogen) atoms. The number of rotatable bonds is 2. The summed E-state index contributed by atoms with van der Waals surface area (Å²) >= 11 is 0. The Balaban J connectivity index is 2.51. The van der Waals surface area contributed by atoms with Gasteiger partial charge in [0.2, 0.25) is 0 Å². The lowest BCUT2D eigenvalue weighted by Crippen LogP contribution is -2.45. The molecule has 0 saturated carbocycles. The van der Waals surface area contributed by atoms with Crippen LogP contribution in [-0.4, -0.2) is 35.7 Å². The lowest BCUT2D eigenvalue weighted by molar-refractivity contribution is -0.179. The molecule has 0 N–H and O–H groups in total. The van der Waals surface area contributed by atoms with Crippen LogP contribution in [0.15, 0.2) is 47.1 Å². The lowest BCUT2D eigenvalue weighted by atomic mass is 9.88. The summed E-state index contributed by atoms with van der Waals surface area (Å²) in [6.07, 6.45) is 7.55. The van der Waals surface area contributed by atoms with E-state index in [1.165, 1.54) is 13.8 Å². The van der Waals surface area contributed by atoms with E-state index >= 15 is 0 Å². The highest BCUT2D eigenvalue weighted by Crippen LogP contribution is 2.35. The summed E-state index contributed by atoms with van der Waals surface area (Å²) in [4.78, 5) is 36.2. The molecular formula is C24H32O6. The summed E-state index contributed by atoms with van der Waals surface area (Å²) in [5.74, 6) is -1.35. The maximum absolute atomic E-state index is 12.8. The zero-order chi connectivity index (χ0) is 22.5. The standard InChI is InChI=1S/C24H32O6/c1-15-8-7-9-16(2)21(28-18(4)25)14-20-12-13-24(6,30-23(27)17(20)3)22(11-10-15)29-19(5)26/h8-9,12,21-22H,3,7,10-11,13-14H2,1-2,4-6H3/b15-8+,16-9+/t21-,22-,24+/m1/s1. The van der Waals surface area contributed by atoms with Crippen molar-refractivity contribution in [2.75, 3.05) is 0 Å². The van der Waals surface area contributed by atoms with Gasteiger partial charge in [0.25, 0.3) is 0 Å². The van der Waals surface area contributed by atoms with Crippen LogP contribution < -0.4 is 0 Å². The second-order valence-electron chi connectivity index (χ2n) is 8.29. The third-order valence-corrected chi connectivity index (χ3v) is 5.63. The normalized spacial score (nSPS) is 31.7. The Bertz CT molecular complexity index is 816. The first-order valence-electron chi connectivity index (χ1n) is 10.3. The van der Waals surface area contributed by atoms with Crippen molar-refractivity contribution in [1.82, 2.24) is 0 Å². The third-order valence-electron chi connectivity index (χ3n) is 5.63. The number of carbonyl (C=O) groups excluding carboxylic acids is 3. The average Bonchev–Trinajstić information content (AvgIpc) is 2.75. The highest BCUT2D eigenvalue weighted by molar-refractivity contribution is 5.93. The molecule has 0 radical (unpaired) electrons. The Hall–Kier alpha value is -2.63. The van der Waals surface area contributed by atoms with Crippen LogP contribution >= 0.6 is 0 Å². The van der Waals surface area contributed by atoms with Crippen LogP contribution in [0, 0.1) is 0 Å². The van der Waals surface area contributed by atoms with Crippen molar-refractivity contribution >= 4 is 17.9 Å². The van der Waals surface area contributed by atoms with Crippen LogP contribution in [-0.2, 0) is 28.6 Å². The van der Waals surface area contributed by atoms with Crippen molar-refractivity contribution < 1.29 is 28.6 Å². The minimum absolute atomic E-state index is 0.231. The number of fused-ring (bicyclic) bond motifs is 2. The Morgan fingerprint density at radius 3 is 2.43 bits per heavy atom. The first kappa shape index (κ1) is 23.6. The van der Waals surface area contributed by atoms with E-state index < -0.39 is 29.7 Å². The average molecular weight is 417 g/mol. The van der Waals surface area contributed by atoms with Crippen molar-refractivity contribution in [3.8, 4) is 0 Å². The fourth-order valence-electron chi connectivity index (χ4n) is 3.72. The summed E-state index contributed by atoms with van der Waals surface area (Å²) in [5.41, 5.74) is 1.95. The monoisotopic (exact) mass is 416 g/mol. The lowest BCUT2D eigenvalue weighted by Gasteiger charge is -2.35. The zero-order valence-electron chi connectivity index (χ0n) is 18.6. The zero-order valence-corrected chi connectivity index (χ0v) is 18.6. The van der Waals surface area contributed by atoms with Gasteiger partial charge in [-0.2, -0.15) is 0 Å². The molecule has 164 valence electrons. The van der Waals surface area contributed by atoms with Gasteiger partial charge in [-0.05, 0) is 51.2 Å². The van der Waals surface area contributed by atoms with Gasteiger partial charge in [0.1, 0.15) is 17.8 Å².